The van der Waals surface area contributed by atoms with Crippen molar-refractivity contribution in [2.75, 3.05) is 19.8 Å². The number of carboxylic acid groups (broad SMARTS) is 1. The normalized spacial score (nSPS) is 13.3. The summed E-state index contributed by atoms with van der Waals surface area (Å²) in [7, 11) is -2.61. The summed E-state index contributed by atoms with van der Waals surface area (Å²) < 4.78 is 21.8. The van der Waals surface area contributed by atoms with Crippen molar-refractivity contribution >= 4 is 15.0 Å². The Morgan fingerprint density at radius 3 is 1.95 bits per heavy atom. The predicted octanol–water partition coefficient (Wildman–Crippen LogP) is 2.90. The lowest BCUT2D eigenvalue weighted by atomic mass is 10.2. The zero-order valence-corrected chi connectivity index (χ0v) is 13.3. The summed E-state index contributed by atoms with van der Waals surface area (Å²) in [6.07, 6.45) is -0.181. The Morgan fingerprint density at radius 2 is 1.58 bits per heavy atom. The van der Waals surface area contributed by atoms with Crippen LogP contribution in [0.4, 0.5) is 4.79 Å². The van der Waals surface area contributed by atoms with E-state index in [2.05, 4.69) is 4.74 Å². The molecule has 0 aromatic rings. The zero-order valence-electron chi connectivity index (χ0n) is 12.3. The van der Waals surface area contributed by atoms with E-state index in [0.29, 0.717) is 32.3 Å². The van der Waals surface area contributed by atoms with Crippen molar-refractivity contribution in [3.05, 3.63) is 0 Å². The first-order valence-electron chi connectivity index (χ1n) is 6.81. The molecule has 114 valence electrons. The molecule has 0 saturated carbocycles. The fraction of sp³-hybridized carbons (Fsp3) is 0.917. The molecule has 1 unspecified atom stereocenters. The molecule has 6 nitrogen and oxygen atoms in total. The second-order valence-electron chi connectivity index (χ2n) is 4.07. The van der Waals surface area contributed by atoms with E-state index in [9.17, 15) is 4.79 Å². The van der Waals surface area contributed by atoms with Crippen molar-refractivity contribution in [3.63, 3.8) is 0 Å². The van der Waals surface area contributed by atoms with Gasteiger partial charge in [-0.25, -0.2) is 4.79 Å². The SMILES string of the molecule is CCO[Si](CCCC(C)OC(=O)O)(OCC)OCC. The summed E-state index contributed by atoms with van der Waals surface area (Å²) in [6.45, 7) is 9.12. The number of hydrogen-bond acceptors (Lipinski definition) is 5. The van der Waals surface area contributed by atoms with Crippen LogP contribution in [-0.2, 0) is 18.0 Å². The summed E-state index contributed by atoms with van der Waals surface area (Å²) in [5, 5.41) is 8.51. The highest BCUT2D eigenvalue weighted by Gasteiger charge is 2.39. The van der Waals surface area contributed by atoms with Crippen molar-refractivity contribution in [2.24, 2.45) is 0 Å². The Kier molecular flexibility index (Phi) is 9.85. The van der Waals surface area contributed by atoms with Gasteiger partial charge in [-0.1, -0.05) is 0 Å². The van der Waals surface area contributed by atoms with Crippen molar-refractivity contribution < 1.29 is 27.9 Å². The van der Waals surface area contributed by atoms with Gasteiger partial charge in [-0.15, -0.1) is 0 Å². The van der Waals surface area contributed by atoms with Gasteiger partial charge in [0, 0.05) is 25.9 Å². The van der Waals surface area contributed by atoms with Crippen molar-refractivity contribution in [1.82, 2.24) is 0 Å². The molecule has 0 aliphatic carbocycles. The molecule has 0 rings (SSSR count). The first kappa shape index (κ1) is 18.4. The third-order valence-corrected chi connectivity index (χ3v) is 5.64. The van der Waals surface area contributed by atoms with Gasteiger partial charge < -0.3 is 23.1 Å². The van der Waals surface area contributed by atoms with E-state index < -0.39 is 15.0 Å². The first-order valence-corrected chi connectivity index (χ1v) is 8.74. The van der Waals surface area contributed by atoms with Gasteiger partial charge in [0.1, 0.15) is 6.10 Å². The molecule has 0 aromatic carbocycles. The second-order valence-corrected chi connectivity index (χ2v) is 6.80. The van der Waals surface area contributed by atoms with Gasteiger partial charge in [0.05, 0.1) is 0 Å². The lowest BCUT2D eigenvalue weighted by Crippen LogP contribution is -2.46. The van der Waals surface area contributed by atoms with Gasteiger partial charge in [0.25, 0.3) is 0 Å². The summed E-state index contributed by atoms with van der Waals surface area (Å²) >= 11 is 0. The van der Waals surface area contributed by atoms with Crippen LogP contribution >= 0.6 is 0 Å². The molecule has 1 N–H and O–H groups in total. The Hall–Kier alpha value is -0.633. The van der Waals surface area contributed by atoms with E-state index in [-0.39, 0.29) is 6.10 Å². The van der Waals surface area contributed by atoms with Gasteiger partial charge in [-0.3, -0.25) is 0 Å². The molecule has 0 aromatic heterocycles. The summed E-state index contributed by atoms with van der Waals surface area (Å²) in [4.78, 5) is 10.4. The fourth-order valence-corrected chi connectivity index (χ4v) is 4.48. The Labute approximate surface area is 116 Å². The van der Waals surface area contributed by atoms with E-state index in [4.69, 9.17) is 18.4 Å². The number of ether oxygens (including phenoxy) is 1. The van der Waals surface area contributed by atoms with Crippen LogP contribution in [0.1, 0.15) is 40.5 Å². The van der Waals surface area contributed by atoms with E-state index in [1.54, 1.807) is 6.92 Å². The Morgan fingerprint density at radius 1 is 1.11 bits per heavy atom. The molecule has 0 saturated heterocycles. The highest BCUT2D eigenvalue weighted by Crippen LogP contribution is 2.20. The molecular weight excluding hydrogens is 268 g/mol. The van der Waals surface area contributed by atoms with Crippen LogP contribution in [0.15, 0.2) is 0 Å². The van der Waals surface area contributed by atoms with E-state index >= 15 is 0 Å². The molecule has 0 amide bonds. The number of rotatable bonds is 11. The van der Waals surface area contributed by atoms with Crippen molar-refractivity contribution in [2.45, 2.75) is 52.7 Å². The fourth-order valence-electron chi connectivity index (χ4n) is 1.84. The average Bonchev–Trinajstić information content (AvgIpc) is 2.28. The maximum atomic E-state index is 10.4. The van der Waals surface area contributed by atoms with Gasteiger partial charge in [-0.2, -0.15) is 0 Å². The van der Waals surface area contributed by atoms with E-state index in [1.165, 1.54) is 0 Å². The smallest absolute Gasteiger partial charge is 0.450 e. The summed E-state index contributed by atoms with van der Waals surface area (Å²) in [6, 6.07) is 0.676. The quantitative estimate of drug-likeness (QED) is 0.466. The minimum atomic E-state index is -2.61. The van der Waals surface area contributed by atoms with Crippen LogP contribution in [0.3, 0.4) is 0 Å². The highest BCUT2D eigenvalue weighted by molar-refractivity contribution is 6.60. The molecule has 7 heteroatoms. The maximum absolute atomic E-state index is 10.4. The molecule has 0 aliphatic rings. The third-order valence-electron chi connectivity index (χ3n) is 2.49. The second kappa shape index (κ2) is 10.2. The maximum Gasteiger partial charge on any atom is 0.506 e. The van der Waals surface area contributed by atoms with Crippen LogP contribution in [-0.4, -0.2) is 46.0 Å². The monoisotopic (exact) mass is 294 g/mol. The van der Waals surface area contributed by atoms with Gasteiger partial charge in [0.15, 0.2) is 0 Å². The van der Waals surface area contributed by atoms with Crippen LogP contribution in [0.2, 0.25) is 6.04 Å². The van der Waals surface area contributed by atoms with Crippen LogP contribution < -0.4 is 0 Å². The lowest BCUT2D eigenvalue weighted by Gasteiger charge is -2.28. The molecule has 0 spiro atoms. The van der Waals surface area contributed by atoms with Crippen molar-refractivity contribution in [1.29, 1.82) is 0 Å². The van der Waals surface area contributed by atoms with Gasteiger partial charge >= 0.3 is 15.0 Å². The summed E-state index contributed by atoms with van der Waals surface area (Å²) in [5.74, 6) is 0. The topological polar surface area (TPSA) is 74.2 Å². The van der Waals surface area contributed by atoms with Gasteiger partial charge in [-0.05, 0) is 40.5 Å². The van der Waals surface area contributed by atoms with E-state index in [1.807, 2.05) is 20.8 Å². The minimum absolute atomic E-state index is 0.325. The molecule has 0 fully saturated rings. The predicted molar refractivity (Wildman–Crippen MR) is 73.2 cm³/mol. The van der Waals surface area contributed by atoms with Crippen LogP contribution in [0.25, 0.3) is 0 Å². The molecular formula is C12H26O6Si. The van der Waals surface area contributed by atoms with Gasteiger partial charge in [0.2, 0.25) is 0 Å². The molecule has 1 atom stereocenters. The molecule has 0 bridgehead atoms. The Bertz CT molecular complexity index is 231. The standard InChI is InChI=1S/C12H26O6Si/c1-5-15-19(16-6-2,17-7-3)10-8-9-11(4)18-12(13)14/h11H,5-10H2,1-4H3,(H,13,14). The average molecular weight is 294 g/mol. The largest absolute Gasteiger partial charge is 0.506 e. The van der Waals surface area contributed by atoms with Crippen LogP contribution in [0, 0.1) is 0 Å². The number of hydrogen-bond donors (Lipinski definition) is 1. The Balaban J connectivity index is 4.26. The minimum Gasteiger partial charge on any atom is -0.450 e. The molecule has 0 aliphatic heterocycles. The number of carbonyl (C=O) groups is 1. The molecule has 0 radical (unpaired) electrons. The molecule has 19 heavy (non-hydrogen) atoms. The van der Waals surface area contributed by atoms with E-state index in [0.717, 1.165) is 6.42 Å². The first-order chi connectivity index (χ1) is 8.99. The lowest BCUT2D eigenvalue weighted by molar-refractivity contribution is 0.0524. The highest BCUT2D eigenvalue weighted by atomic mass is 28.4. The zero-order chi connectivity index (χ0) is 14.7. The van der Waals surface area contributed by atoms with Crippen LogP contribution in [0.5, 0.6) is 0 Å². The third kappa shape index (κ3) is 8.20. The van der Waals surface area contributed by atoms with Crippen molar-refractivity contribution in [3.8, 4) is 0 Å². The summed E-state index contributed by atoms with van der Waals surface area (Å²) in [5.41, 5.74) is 0. The molecule has 0 heterocycles.